The van der Waals surface area contributed by atoms with Crippen molar-refractivity contribution in [1.82, 2.24) is 10.2 Å². The maximum Gasteiger partial charge on any atom is 0.237 e. The Labute approximate surface area is 67.8 Å². The van der Waals surface area contributed by atoms with Gasteiger partial charge in [0.1, 0.15) is 0 Å². The molecule has 0 saturated carbocycles. The number of carbonyl (C=O) groups excluding carboxylic acids is 1. The van der Waals surface area contributed by atoms with E-state index in [2.05, 4.69) is 24.1 Å². The molecule has 0 aromatic rings. The van der Waals surface area contributed by atoms with E-state index in [1.807, 2.05) is 6.92 Å². The summed E-state index contributed by atoms with van der Waals surface area (Å²) < 4.78 is 0. The van der Waals surface area contributed by atoms with E-state index in [9.17, 15) is 4.79 Å². The van der Waals surface area contributed by atoms with E-state index in [0.717, 1.165) is 13.1 Å². The highest BCUT2D eigenvalue weighted by Gasteiger charge is 2.26. The Morgan fingerprint density at radius 1 is 1.64 bits per heavy atom. The lowest BCUT2D eigenvalue weighted by Crippen LogP contribution is -2.55. The molecular weight excluding hydrogens is 140 g/mol. The van der Waals surface area contributed by atoms with Crippen molar-refractivity contribution in [2.24, 2.45) is 0 Å². The van der Waals surface area contributed by atoms with Crippen LogP contribution in [0.5, 0.6) is 0 Å². The third kappa shape index (κ3) is 1.71. The molecule has 1 aliphatic heterocycles. The van der Waals surface area contributed by atoms with Gasteiger partial charge >= 0.3 is 0 Å². The first-order valence-electron chi connectivity index (χ1n) is 4.16. The lowest BCUT2D eigenvalue weighted by molar-refractivity contribution is -0.129. The molecule has 64 valence electrons. The Morgan fingerprint density at radius 3 is 2.73 bits per heavy atom. The number of rotatable bonds is 1. The quantitative estimate of drug-likeness (QED) is 0.589. The van der Waals surface area contributed by atoms with Crippen molar-refractivity contribution in [2.45, 2.75) is 32.9 Å². The zero-order valence-electron chi connectivity index (χ0n) is 7.42. The predicted molar refractivity (Wildman–Crippen MR) is 44.3 cm³/mol. The van der Waals surface area contributed by atoms with Crippen LogP contribution in [0.1, 0.15) is 20.8 Å². The molecule has 3 nitrogen and oxygen atoms in total. The summed E-state index contributed by atoms with van der Waals surface area (Å²) in [6.07, 6.45) is 0. The van der Waals surface area contributed by atoms with Gasteiger partial charge in [-0.15, -0.1) is 0 Å². The van der Waals surface area contributed by atoms with Gasteiger partial charge in [0.25, 0.3) is 0 Å². The largest absolute Gasteiger partial charge is 0.353 e. The lowest BCUT2D eigenvalue weighted by atomic mass is 10.1. The molecule has 1 aliphatic rings. The zero-order chi connectivity index (χ0) is 8.43. The molecule has 0 aromatic carbocycles. The fourth-order valence-electron chi connectivity index (χ4n) is 1.51. The van der Waals surface area contributed by atoms with E-state index in [0.29, 0.717) is 6.04 Å². The van der Waals surface area contributed by atoms with Gasteiger partial charge in [0.15, 0.2) is 0 Å². The summed E-state index contributed by atoms with van der Waals surface area (Å²) in [7, 11) is 0. The molecular formula is C8H16N2O. The van der Waals surface area contributed by atoms with E-state index in [4.69, 9.17) is 0 Å². The zero-order valence-corrected chi connectivity index (χ0v) is 7.42. The highest BCUT2D eigenvalue weighted by molar-refractivity contribution is 5.82. The first kappa shape index (κ1) is 8.53. The molecule has 0 aliphatic carbocycles. The molecule has 0 spiro atoms. The monoisotopic (exact) mass is 156 g/mol. The summed E-state index contributed by atoms with van der Waals surface area (Å²) in [4.78, 5) is 13.4. The van der Waals surface area contributed by atoms with Crippen LogP contribution in [0.4, 0.5) is 0 Å². The van der Waals surface area contributed by atoms with E-state index < -0.39 is 0 Å². The van der Waals surface area contributed by atoms with E-state index in [1.54, 1.807) is 0 Å². The molecule has 1 N–H and O–H groups in total. The van der Waals surface area contributed by atoms with Crippen molar-refractivity contribution in [2.75, 3.05) is 13.1 Å². The molecule has 3 heteroatoms. The van der Waals surface area contributed by atoms with Crippen LogP contribution in [0.15, 0.2) is 0 Å². The lowest BCUT2D eigenvalue weighted by Gasteiger charge is -2.35. The Balaban J connectivity index is 2.58. The van der Waals surface area contributed by atoms with Gasteiger partial charge in [-0.3, -0.25) is 9.69 Å². The molecule has 1 amide bonds. The van der Waals surface area contributed by atoms with Crippen LogP contribution in [0.2, 0.25) is 0 Å². The number of hydrogen-bond donors (Lipinski definition) is 1. The van der Waals surface area contributed by atoms with Crippen LogP contribution < -0.4 is 5.32 Å². The van der Waals surface area contributed by atoms with Gasteiger partial charge in [0.2, 0.25) is 5.91 Å². The van der Waals surface area contributed by atoms with E-state index >= 15 is 0 Å². The summed E-state index contributed by atoms with van der Waals surface area (Å²) in [6, 6.07) is 0.514. The first-order chi connectivity index (χ1) is 5.13. The Bertz CT molecular complexity index is 156. The molecule has 1 atom stereocenters. The summed E-state index contributed by atoms with van der Waals surface area (Å²) in [5, 5.41) is 2.84. The molecule has 1 rings (SSSR count). The van der Waals surface area contributed by atoms with Gasteiger partial charge in [-0.1, -0.05) is 0 Å². The standard InChI is InChI=1S/C8H16N2O/c1-6(2)10-5-4-9-8(11)7(10)3/h6-7H,4-5H2,1-3H3,(H,9,11)/t7-/m1/s1. The van der Waals surface area contributed by atoms with Crippen LogP contribution in [-0.2, 0) is 4.79 Å². The average Bonchev–Trinajstić information content (AvgIpc) is 1.94. The van der Waals surface area contributed by atoms with Crippen molar-refractivity contribution < 1.29 is 4.79 Å². The molecule has 0 radical (unpaired) electrons. The second-order valence-corrected chi connectivity index (χ2v) is 3.30. The molecule has 1 saturated heterocycles. The third-order valence-electron chi connectivity index (χ3n) is 2.21. The number of carbonyl (C=O) groups is 1. The van der Waals surface area contributed by atoms with Crippen LogP contribution in [0, 0.1) is 0 Å². The number of nitrogens with zero attached hydrogens (tertiary/aromatic N) is 1. The molecule has 0 unspecified atom stereocenters. The van der Waals surface area contributed by atoms with Crippen molar-refractivity contribution >= 4 is 5.91 Å². The Kier molecular flexibility index (Phi) is 2.49. The van der Waals surface area contributed by atoms with Crippen molar-refractivity contribution in [3.05, 3.63) is 0 Å². The fourth-order valence-corrected chi connectivity index (χ4v) is 1.51. The maximum absolute atomic E-state index is 11.2. The summed E-state index contributed by atoms with van der Waals surface area (Å²) in [6.45, 7) is 7.96. The first-order valence-corrected chi connectivity index (χ1v) is 4.16. The maximum atomic E-state index is 11.2. The smallest absolute Gasteiger partial charge is 0.237 e. The molecule has 1 heterocycles. The SMILES string of the molecule is CC(C)N1CCNC(=O)[C@H]1C. The highest BCUT2D eigenvalue weighted by Crippen LogP contribution is 2.07. The minimum atomic E-state index is 0.0451. The number of nitrogens with one attached hydrogen (secondary N) is 1. The second kappa shape index (κ2) is 3.22. The predicted octanol–water partition coefficient (Wildman–Crippen LogP) is 0.215. The normalized spacial score (nSPS) is 27.3. The van der Waals surface area contributed by atoms with Gasteiger partial charge in [-0.25, -0.2) is 0 Å². The van der Waals surface area contributed by atoms with E-state index in [-0.39, 0.29) is 11.9 Å². The van der Waals surface area contributed by atoms with Gasteiger partial charge in [0.05, 0.1) is 6.04 Å². The average molecular weight is 156 g/mol. The summed E-state index contributed by atoms with van der Waals surface area (Å²) >= 11 is 0. The summed E-state index contributed by atoms with van der Waals surface area (Å²) in [5.41, 5.74) is 0. The number of amides is 1. The number of piperazine rings is 1. The Morgan fingerprint density at radius 2 is 2.27 bits per heavy atom. The van der Waals surface area contributed by atoms with Crippen LogP contribution in [-0.4, -0.2) is 36.0 Å². The van der Waals surface area contributed by atoms with Crippen LogP contribution >= 0.6 is 0 Å². The Hall–Kier alpha value is -0.570. The van der Waals surface area contributed by atoms with Crippen LogP contribution in [0.25, 0.3) is 0 Å². The van der Waals surface area contributed by atoms with Gasteiger partial charge in [0, 0.05) is 19.1 Å². The second-order valence-electron chi connectivity index (χ2n) is 3.30. The highest BCUT2D eigenvalue weighted by atomic mass is 16.2. The van der Waals surface area contributed by atoms with Gasteiger partial charge in [-0.05, 0) is 20.8 Å². The molecule has 11 heavy (non-hydrogen) atoms. The van der Waals surface area contributed by atoms with Crippen LogP contribution in [0.3, 0.4) is 0 Å². The van der Waals surface area contributed by atoms with Crippen molar-refractivity contribution in [1.29, 1.82) is 0 Å². The molecule has 0 bridgehead atoms. The minimum absolute atomic E-state index is 0.0451. The summed E-state index contributed by atoms with van der Waals surface area (Å²) in [5.74, 6) is 0.157. The fraction of sp³-hybridized carbons (Fsp3) is 0.875. The van der Waals surface area contributed by atoms with Gasteiger partial charge in [-0.2, -0.15) is 0 Å². The molecule has 0 aromatic heterocycles. The molecule has 1 fully saturated rings. The van der Waals surface area contributed by atoms with E-state index in [1.165, 1.54) is 0 Å². The third-order valence-corrected chi connectivity index (χ3v) is 2.21. The number of hydrogen-bond acceptors (Lipinski definition) is 2. The minimum Gasteiger partial charge on any atom is -0.353 e. The van der Waals surface area contributed by atoms with Gasteiger partial charge < -0.3 is 5.32 Å². The van der Waals surface area contributed by atoms with Crippen molar-refractivity contribution in [3.63, 3.8) is 0 Å². The topological polar surface area (TPSA) is 32.3 Å². The van der Waals surface area contributed by atoms with Crippen molar-refractivity contribution in [3.8, 4) is 0 Å².